The van der Waals surface area contributed by atoms with Gasteiger partial charge in [0, 0.05) is 50.8 Å². The van der Waals surface area contributed by atoms with Gasteiger partial charge in [0.15, 0.2) is 0 Å². The Morgan fingerprint density at radius 3 is 1.73 bits per heavy atom. The van der Waals surface area contributed by atoms with Gasteiger partial charge in [-0.15, -0.1) is 0 Å². The first-order chi connectivity index (χ1) is 19.5. The molecular formula is C30H58N4O7. The van der Waals surface area contributed by atoms with Gasteiger partial charge in [-0.05, 0) is 74.8 Å². The quantitative estimate of drug-likeness (QED) is 0.316. The lowest BCUT2D eigenvalue weighted by Gasteiger charge is -2.29. The number of hydrogen-bond donors (Lipinski definition) is 0. The van der Waals surface area contributed by atoms with E-state index >= 15 is 0 Å². The van der Waals surface area contributed by atoms with Gasteiger partial charge in [-0.2, -0.15) is 0 Å². The van der Waals surface area contributed by atoms with Crippen molar-refractivity contribution >= 4 is 6.16 Å². The molecule has 4 fully saturated rings. The Bertz CT molecular complexity index is 706. The second-order valence-electron chi connectivity index (χ2n) is 12.2. The highest BCUT2D eigenvalue weighted by Gasteiger charge is 2.32. The molecule has 41 heavy (non-hydrogen) atoms. The maximum Gasteiger partial charge on any atom is 0.508 e. The van der Waals surface area contributed by atoms with Gasteiger partial charge in [-0.25, -0.2) is 4.79 Å². The van der Waals surface area contributed by atoms with E-state index in [4.69, 9.17) is 28.4 Å². The minimum atomic E-state index is -0.565. The Hall–Kier alpha value is -1.05. The molecule has 4 heterocycles. The maximum absolute atomic E-state index is 11.4. The molecule has 4 saturated heterocycles. The monoisotopic (exact) mass is 586 g/mol. The minimum absolute atomic E-state index is 0.117. The molecule has 11 heteroatoms. The van der Waals surface area contributed by atoms with Crippen molar-refractivity contribution in [1.29, 1.82) is 0 Å². The first kappa shape index (κ1) is 34.4. The van der Waals surface area contributed by atoms with Crippen LogP contribution in [-0.4, -0.2) is 147 Å². The van der Waals surface area contributed by atoms with E-state index in [0.717, 1.165) is 52.5 Å². The van der Waals surface area contributed by atoms with E-state index in [-0.39, 0.29) is 18.7 Å². The molecule has 0 aromatic rings. The van der Waals surface area contributed by atoms with Gasteiger partial charge < -0.3 is 28.4 Å². The molecule has 0 spiro atoms. The molecule has 0 radical (unpaired) electrons. The molecule has 11 nitrogen and oxygen atoms in total. The van der Waals surface area contributed by atoms with Gasteiger partial charge in [0.1, 0.15) is 31.9 Å². The zero-order chi connectivity index (χ0) is 29.9. The molecule has 0 amide bonds. The fraction of sp³-hybridized carbons (Fsp3) is 0.967. The maximum atomic E-state index is 11.4. The van der Waals surface area contributed by atoms with Crippen molar-refractivity contribution in [2.45, 2.75) is 117 Å². The second-order valence-corrected chi connectivity index (χ2v) is 12.2. The number of hydrogen-bond acceptors (Lipinski definition) is 11. The lowest BCUT2D eigenvalue weighted by Crippen LogP contribution is -2.42. The summed E-state index contributed by atoms with van der Waals surface area (Å²) in [6.07, 6.45) is 3.07. The van der Waals surface area contributed by atoms with Crippen molar-refractivity contribution in [2.24, 2.45) is 0 Å². The van der Waals surface area contributed by atoms with Crippen LogP contribution in [0.25, 0.3) is 0 Å². The van der Waals surface area contributed by atoms with Crippen LogP contribution >= 0.6 is 0 Å². The normalized spacial score (nSPS) is 33.1. The van der Waals surface area contributed by atoms with Crippen LogP contribution in [-0.2, 0) is 28.4 Å². The summed E-state index contributed by atoms with van der Waals surface area (Å²) in [5.74, 6) is 0. The van der Waals surface area contributed by atoms with Crippen LogP contribution in [0.4, 0.5) is 4.79 Å². The Morgan fingerprint density at radius 1 is 0.780 bits per heavy atom. The number of nitrogens with zero attached hydrogens (tertiary/aromatic N) is 4. The molecule has 0 aromatic heterocycles. The Kier molecular flexibility index (Phi) is 14.5. The van der Waals surface area contributed by atoms with Crippen molar-refractivity contribution < 1.29 is 33.2 Å². The van der Waals surface area contributed by atoms with Crippen LogP contribution in [0.2, 0.25) is 0 Å². The summed E-state index contributed by atoms with van der Waals surface area (Å²) in [6, 6.07) is 1.39. The molecule has 0 aliphatic carbocycles. The van der Waals surface area contributed by atoms with E-state index in [2.05, 4.69) is 68.1 Å². The van der Waals surface area contributed by atoms with Gasteiger partial charge in [0.05, 0.1) is 32.0 Å². The van der Waals surface area contributed by atoms with Gasteiger partial charge in [-0.1, -0.05) is 0 Å². The Balaban J connectivity index is 0.000000226. The highest BCUT2D eigenvalue weighted by molar-refractivity contribution is 5.59. The molecule has 0 saturated carbocycles. The molecule has 8 atom stereocenters. The average Bonchev–Trinajstić information content (AvgIpc) is 3.68. The highest BCUT2D eigenvalue weighted by atomic mass is 16.7. The number of ether oxygens (including phenoxy) is 6. The van der Waals surface area contributed by atoms with Crippen molar-refractivity contribution in [3.05, 3.63) is 0 Å². The zero-order valence-electron chi connectivity index (χ0n) is 27.0. The van der Waals surface area contributed by atoms with Crippen LogP contribution < -0.4 is 0 Å². The van der Waals surface area contributed by atoms with Crippen molar-refractivity contribution in [3.8, 4) is 0 Å². The van der Waals surface area contributed by atoms with E-state index in [0.29, 0.717) is 50.1 Å². The van der Waals surface area contributed by atoms with E-state index in [1.54, 1.807) is 0 Å². The SMILES string of the molecule is CC1CCCN1CCOC(=O)OCCN1CCOC1C.CC1CN(C(C)COCC(C)N2CC(C)OC2C)C(C)O1. The Morgan fingerprint density at radius 2 is 1.32 bits per heavy atom. The highest BCUT2D eigenvalue weighted by Crippen LogP contribution is 2.20. The van der Waals surface area contributed by atoms with Crippen LogP contribution in [0.1, 0.15) is 68.2 Å². The summed E-state index contributed by atoms with van der Waals surface area (Å²) in [5, 5.41) is 0. The molecule has 4 aliphatic rings. The lowest BCUT2D eigenvalue weighted by molar-refractivity contribution is -0.0324. The third-order valence-electron chi connectivity index (χ3n) is 8.72. The minimum Gasteiger partial charge on any atom is -0.433 e. The first-order valence-electron chi connectivity index (χ1n) is 15.8. The predicted molar refractivity (Wildman–Crippen MR) is 158 cm³/mol. The van der Waals surface area contributed by atoms with Crippen LogP contribution in [0.3, 0.4) is 0 Å². The number of carbonyl (C=O) groups is 1. The molecule has 240 valence electrons. The smallest absolute Gasteiger partial charge is 0.433 e. The standard InChI is InChI=1S/C16H32N2O3.C14H26N2O4/c1-11(17-7-13(3)20-15(17)5)9-19-10-12(2)18-8-14(4)21-16(18)6;1-12-4-3-5-15(12)6-10-19-14(17)20-11-8-16-7-9-18-13(16)2/h11-16H,7-10H2,1-6H3;12-13H,3-11H2,1-2H3. The molecule has 8 unspecified atom stereocenters. The van der Waals surface area contributed by atoms with Gasteiger partial charge in [-0.3, -0.25) is 19.6 Å². The summed E-state index contributed by atoms with van der Waals surface area (Å²) in [6.45, 7) is 25.6. The largest absolute Gasteiger partial charge is 0.508 e. The summed E-state index contributed by atoms with van der Waals surface area (Å²) < 4.78 is 33.1. The molecule has 4 rings (SSSR count). The van der Waals surface area contributed by atoms with Crippen molar-refractivity contribution in [3.63, 3.8) is 0 Å². The summed E-state index contributed by atoms with van der Waals surface area (Å²) in [4.78, 5) is 20.7. The molecule has 0 N–H and O–H groups in total. The second kappa shape index (κ2) is 17.3. The topological polar surface area (TPSA) is 85.4 Å². The first-order valence-corrected chi connectivity index (χ1v) is 15.8. The van der Waals surface area contributed by atoms with Crippen LogP contribution in [0.5, 0.6) is 0 Å². The fourth-order valence-electron chi connectivity index (χ4n) is 6.26. The third kappa shape index (κ3) is 11.2. The van der Waals surface area contributed by atoms with E-state index in [9.17, 15) is 4.79 Å². The average molecular weight is 587 g/mol. The fourth-order valence-corrected chi connectivity index (χ4v) is 6.26. The summed E-state index contributed by atoms with van der Waals surface area (Å²) >= 11 is 0. The summed E-state index contributed by atoms with van der Waals surface area (Å²) in [5.41, 5.74) is 0. The van der Waals surface area contributed by atoms with E-state index in [1.165, 1.54) is 12.8 Å². The van der Waals surface area contributed by atoms with Crippen LogP contribution in [0, 0.1) is 0 Å². The molecular weight excluding hydrogens is 528 g/mol. The van der Waals surface area contributed by atoms with Gasteiger partial charge in [0.25, 0.3) is 0 Å². The summed E-state index contributed by atoms with van der Waals surface area (Å²) in [7, 11) is 0. The lowest BCUT2D eigenvalue weighted by atomic mass is 10.2. The van der Waals surface area contributed by atoms with E-state index in [1.807, 2.05) is 6.92 Å². The predicted octanol–water partition coefficient (Wildman–Crippen LogP) is 3.22. The van der Waals surface area contributed by atoms with E-state index < -0.39 is 6.16 Å². The van der Waals surface area contributed by atoms with Crippen molar-refractivity contribution in [2.75, 3.05) is 72.3 Å². The Labute approximate surface area is 248 Å². The van der Waals surface area contributed by atoms with Gasteiger partial charge >= 0.3 is 6.16 Å². The molecule has 4 aliphatic heterocycles. The zero-order valence-corrected chi connectivity index (χ0v) is 27.0. The van der Waals surface area contributed by atoms with Crippen molar-refractivity contribution in [1.82, 2.24) is 19.6 Å². The van der Waals surface area contributed by atoms with Gasteiger partial charge in [0.2, 0.25) is 0 Å². The number of carbonyl (C=O) groups excluding carboxylic acids is 1. The molecule has 0 bridgehead atoms. The third-order valence-corrected chi connectivity index (χ3v) is 8.72. The molecule has 0 aromatic carbocycles. The number of rotatable bonds is 12. The van der Waals surface area contributed by atoms with Crippen LogP contribution in [0.15, 0.2) is 0 Å². The number of likely N-dealkylation sites (tertiary alicyclic amines) is 1.